The molecule has 0 aliphatic carbocycles. The predicted molar refractivity (Wildman–Crippen MR) is 107 cm³/mol. The van der Waals surface area contributed by atoms with E-state index in [1.54, 1.807) is 26.8 Å². The van der Waals surface area contributed by atoms with Crippen LogP contribution in [0.4, 0.5) is 23.7 Å². The average Bonchev–Trinajstić information content (AvgIpc) is 3.15. The number of nitriles is 1. The van der Waals surface area contributed by atoms with E-state index in [0.29, 0.717) is 11.1 Å². The summed E-state index contributed by atoms with van der Waals surface area (Å²) in [5, 5.41) is 21.8. The summed E-state index contributed by atoms with van der Waals surface area (Å²) in [7, 11) is 0. The van der Waals surface area contributed by atoms with Crippen molar-refractivity contribution in [2.24, 2.45) is 0 Å². The minimum absolute atomic E-state index is 0.0304. The van der Waals surface area contributed by atoms with E-state index in [-0.39, 0.29) is 22.6 Å². The first-order valence-corrected chi connectivity index (χ1v) is 9.11. The number of benzene rings is 2. The summed E-state index contributed by atoms with van der Waals surface area (Å²) < 4.78 is 44.9. The van der Waals surface area contributed by atoms with Crippen molar-refractivity contribution in [3.63, 3.8) is 0 Å². The molecular formula is C21H18F3N5O2. The van der Waals surface area contributed by atoms with E-state index in [1.165, 1.54) is 24.3 Å². The molecule has 0 bridgehead atoms. The Bertz CT molecular complexity index is 1160. The third-order valence-electron chi connectivity index (χ3n) is 4.08. The molecule has 2 N–H and O–H groups in total. The third kappa shape index (κ3) is 5.19. The van der Waals surface area contributed by atoms with Crippen LogP contribution in [0.15, 0.2) is 42.5 Å². The lowest BCUT2D eigenvalue weighted by molar-refractivity contribution is -0.137. The Labute approximate surface area is 175 Å². The smallest absolute Gasteiger partial charge is 0.416 e. The normalized spacial score (nSPS) is 11.6. The Morgan fingerprint density at radius 2 is 1.84 bits per heavy atom. The topological polar surface area (TPSA) is 104 Å². The Morgan fingerprint density at radius 3 is 2.48 bits per heavy atom. The van der Waals surface area contributed by atoms with Crippen LogP contribution in [-0.4, -0.2) is 27.1 Å². The van der Waals surface area contributed by atoms with Crippen LogP contribution in [-0.2, 0) is 10.9 Å². The largest absolute Gasteiger partial charge is 0.444 e. The van der Waals surface area contributed by atoms with Crippen LogP contribution in [0.2, 0.25) is 0 Å². The minimum Gasteiger partial charge on any atom is -0.444 e. The molecule has 0 spiro atoms. The highest BCUT2D eigenvalue weighted by Gasteiger charge is 2.30. The number of aromatic amines is 1. The zero-order valence-electron chi connectivity index (χ0n) is 16.8. The number of rotatable bonds is 3. The van der Waals surface area contributed by atoms with Crippen molar-refractivity contribution >= 4 is 11.8 Å². The van der Waals surface area contributed by atoms with E-state index in [2.05, 4.69) is 20.7 Å². The van der Waals surface area contributed by atoms with Gasteiger partial charge in [-0.2, -0.15) is 28.7 Å². The predicted octanol–water partition coefficient (Wildman–Crippen LogP) is 5.38. The average molecular weight is 429 g/mol. The quantitative estimate of drug-likeness (QED) is 0.582. The van der Waals surface area contributed by atoms with Crippen LogP contribution < -0.4 is 5.32 Å². The van der Waals surface area contributed by atoms with Crippen molar-refractivity contribution in [1.29, 1.82) is 5.26 Å². The zero-order chi connectivity index (χ0) is 22.8. The van der Waals surface area contributed by atoms with Gasteiger partial charge in [-0.1, -0.05) is 18.2 Å². The number of hydrogen-bond donors (Lipinski definition) is 2. The fourth-order valence-electron chi connectivity index (χ4n) is 2.83. The second-order valence-electron chi connectivity index (χ2n) is 7.60. The van der Waals surface area contributed by atoms with E-state index in [1.807, 2.05) is 6.07 Å². The van der Waals surface area contributed by atoms with E-state index >= 15 is 0 Å². The number of halogens is 3. The first-order valence-electron chi connectivity index (χ1n) is 9.11. The number of anilines is 1. The molecular weight excluding hydrogens is 411 g/mol. The fourth-order valence-corrected chi connectivity index (χ4v) is 2.83. The lowest BCUT2D eigenvalue weighted by Crippen LogP contribution is -2.27. The number of alkyl halides is 3. The van der Waals surface area contributed by atoms with Crippen LogP contribution >= 0.6 is 0 Å². The maximum atomic E-state index is 13.2. The molecule has 1 aromatic heterocycles. The molecule has 0 saturated heterocycles. The molecule has 2 aromatic carbocycles. The van der Waals surface area contributed by atoms with Gasteiger partial charge in [-0.15, -0.1) is 5.10 Å². The molecule has 0 aliphatic rings. The van der Waals surface area contributed by atoms with Gasteiger partial charge >= 0.3 is 12.3 Å². The summed E-state index contributed by atoms with van der Waals surface area (Å²) in [6, 6.07) is 11.2. The molecule has 0 radical (unpaired) electrons. The molecule has 0 fully saturated rings. The van der Waals surface area contributed by atoms with Gasteiger partial charge in [-0.05, 0) is 50.6 Å². The molecule has 0 atom stereocenters. The maximum absolute atomic E-state index is 13.2. The molecule has 3 rings (SSSR count). The van der Waals surface area contributed by atoms with Gasteiger partial charge in [0, 0.05) is 11.1 Å². The number of nitrogens with one attached hydrogen (secondary N) is 2. The Morgan fingerprint density at radius 1 is 1.10 bits per heavy atom. The van der Waals surface area contributed by atoms with Crippen LogP contribution in [0.1, 0.15) is 32.0 Å². The first kappa shape index (κ1) is 21.8. The number of aromatic nitrogens is 3. The van der Waals surface area contributed by atoms with Gasteiger partial charge in [0.2, 0.25) is 0 Å². The van der Waals surface area contributed by atoms with E-state index in [9.17, 15) is 23.2 Å². The standard InChI is InChI=1S/C21H18F3N5O2/c1-20(2,3)31-19(30)26-16-8-7-13(18-17(11-25)27-29-28-18)10-15(16)12-5-4-6-14(9-12)21(22,23)24/h4-10H,1-3H3,(H,26,30)(H,27,28,29). The summed E-state index contributed by atoms with van der Waals surface area (Å²) >= 11 is 0. The van der Waals surface area contributed by atoms with Crippen molar-refractivity contribution in [2.75, 3.05) is 5.32 Å². The molecule has 1 amide bonds. The molecule has 10 heteroatoms. The molecule has 3 aromatic rings. The lowest BCUT2D eigenvalue weighted by Gasteiger charge is -2.21. The Kier molecular flexibility index (Phi) is 5.71. The van der Waals surface area contributed by atoms with Gasteiger partial charge in [0.05, 0.1) is 11.3 Å². The summed E-state index contributed by atoms with van der Waals surface area (Å²) in [5.74, 6) is 0. The minimum atomic E-state index is -4.54. The van der Waals surface area contributed by atoms with Crippen molar-refractivity contribution in [1.82, 2.24) is 15.4 Å². The summed E-state index contributed by atoms with van der Waals surface area (Å²) in [5.41, 5.74) is -0.152. The first-order chi connectivity index (χ1) is 14.5. The van der Waals surface area contributed by atoms with Gasteiger partial charge in [0.1, 0.15) is 17.4 Å². The van der Waals surface area contributed by atoms with E-state index in [0.717, 1.165) is 12.1 Å². The zero-order valence-corrected chi connectivity index (χ0v) is 16.8. The summed E-state index contributed by atoms with van der Waals surface area (Å²) in [6.07, 6.45) is -5.29. The second-order valence-corrected chi connectivity index (χ2v) is 7.60. The highest BCUT2D eigenvalue weighted by atomic mass is 19.4. The number of hydrogen-bond acceptors (Lipinski definition) is 5. The number of amides is 1. The van der Waals surface area contributed by atoms with Gasteiger partial charge in [-0.3, -0.25) is 5.32 Å². The second kappa shape index (κ2) is 8.10. The molecule has 0 aliphatic heterocycles. The number of nitrogens with zero attached hydrogens (tertiary/aromatic N) is 3. The number of H-pyrrole nitrogens is 1. The van der Waals surface area contributed by atoms with Gasteiger partial charge < -0.3 is 4.74 Å². The molecule has 1 heterocycles. The lowest BCUT2D eigenvalue weighted by atomic mass is 9.97. The highest BCUT2D eigenvalue weighted by molar-refractivity contribution is 5.93. The van der Waals surface area contributed by atoms with Gasteiger partial charge in [-0.25, -0.2) is 4.79 Å². The van der Waals surface area contributed by atoms with Crippen LogP contribution in [0.25, 0.3) is 22.4 Å². The van der Waals surface area contributed by atoms with E-state index in [4.69, 9.17) is 4.74 Å². The van der Waals surface area contributed by atoms with E-state index < -0.39 is 23.4 Å². The number of carbonyl (C=O) groups is 1. The number of carbonyl (C=O) groups excluding carboxylic acids is 1. The fraction of sp³-hybridized carbons (Fsp3) is 0.238. The van der Waals surface area contributed by atoms with Crippen molar-refractivity contribution in [3.05, 3.63) is 53.7 Å². The van der Waals surface area contributed by atoms with Crippen LogP contribution in [0.5, 0.6) is 0 Å². The maximum Gasteiger partial charge on any atom is 0.416 e. The summed E-state index contributed by atoms with van der Waals surface area (Å²) in [6.45, 7) is 5.08. The van der Waals surface area contributed by atoms with Crippen molar-refractivity contribution in [3.8, 4) is 28.5 Å². The molecule has 0 saturated carbocycles. The van der Waals surface area contributed by atoms with Crippen LogP contribution in [0.3, 0.4) is 0 Å². The van der Waals surface area contributed by atoms with Crippen LogP contribution in [0, 0.1) is 11.3 Å². The van der Waals surface area contributed by atoms with Crippen molar-refractivity contribution < 1.29 is 22.7 Å². The Balaban J connectivity index is 2.12. The Hall–Kier alpha value is -3.87. The van der Waals surface area contributed by atoms with Crippen molar-refractivity contribution in [2.45, 2.75) is 32.5 Å². The molecule has 160 valence electrons. The monoisotopic (exact) mass is 429 g/mol. The molecule has 31 heavy (non-hydrogen) atoms. The molecule has 7 nitrogen and oxygen atoms in total. The summed E-state index contributed by atoms with van der Waals surface area (Å²) in [4.78, 5) is 12.3. The third-order valence-corrected chi connectivity index (χ3v) is 4.08. The van der Waals surface area contributed by atoms with Gasteiger partial charge in [0.15, 0.2) is 5.69 Å². The van der Waals surface area contributed by atoms with Gasteiger partial charge in [0.25, 0.3) is 0 Å². The molecule has 0 unspecified atom stereocenters. The number of ether oxygens (including phenoxy) is 1. The highest BCUT2D eigenvalue weighted by Crippen LogP contribution is 2.37. The SMILES string of the molecule is CC(C)(C)OC(=O)Nc1ccc(-c2n[nH]nc2C#N)cc1-c1cccc(C(F)(F)F)c1.